The van der Waals surface area contributed by atoms with Crippen LogP contribution in [0.3, 0.4) is 0 Å². The van der Waals surface area contributed by atoms with Crippen LogP contribution in [0.1, 0.15) is 30.1 Å². The molecule has 1 N–H and O–H groups in total. The van der Waals surface area contributed by atoms with Gasteiger partial charge in [0.1, 0.15) is 0 Å². The molecule has 1 atom stereocenters. The maximum absolute atomic E-state index is 11.1. The number of β-amino-alcohol motifs (C(OH)–C–C–N with tert-alkyl or cyclic N) is 1. The monoisotopic (exact) mass is 253 g/mol. The van der Waals surface area contributed by atoms with E-state index in [0.717, 1.165) is 31.4 Å². The fraction of sp³-hybridized carbons (Fsp3) is 0.462. The normalized spacial score (nSPS) is 24.8. The molecule has 92 valence electrons. The van der Waals surface area contributed by atoms with Crippen molar-refractivity contribution >= 4 is 23.6 Å². The Labute approximate surface area is 106 Å². The van der Waals surface area contributed by atoms with Crippen LogP contribution in [0.2, 0.25) is 5.02 Å². The smallest absolute Gasteiger partial charge is 0.153 e. The molecule has 0 saturated carbocycles. The molecule has 1 unspecified atom stereocenters. The highest BCUT2D eigenvalue weighted by Crippen LogP contribution is 2.30. The number of halogens is 1. The standard InChI is InChI=1S/C13H16ClNO2/c1-13(17)6-3-7-15(9-13)12-5-2-4-11(14)10(12)8-16/h2,4-5,8,17H,3,6-7,9H2,1H3. The molecule has 0 aromatic heterocycles. The second kappa shape index (κ2) is 4.67. The highest BCUT2D eigenvalue weighted by atomic mass is 35.5. The van der Waals surface area contributed by atoms with Crippen molar-refractivity contribution in [2.24, 2.45) is 0 Å². The number of hydrogen-bond acceptors (Lipinski definition) is 3. The summed E-state index contributed by atoms with van der Waals surface area (Å²) in [6.45, 7) is 3.20. The molecule has 3 nitrogen and oxygen atoms in total. The number of anilines is 1. The summed E-state index contributed by atoms with van der Waals surface area (Å²) in [5, 5.41) is 10.5. The lowest BCUT2D eigenvalue weighted by molar-refractivity contribution is 0.0448. The maximum atomic E-state index is 11.1. The highest BCUT2D eigenvalue weighted by molar-refractivity contribution is 6.33. The minimum absolute atomic E-state index is 0.461. The summed E-state index contributed by atoms with van der Waals surface area (Å²) < 4.78 is 0. The minimum atomic E-state index is -0.694. The van der Waals surface area contributed by atoms with Gasteiger partial charge in [-0.1, -0.05) is 17.7 Å². The molecule has 0 amide bonds. The Morgan fingerprint density at radius 2 is 2.29 bits per heavy atom. The summed E-state index contributed by atoms with van der Waals surface area (Å²) in [5.41, 5.74) is 0.625. The van der Waals surface area contributed by atoms with E-state index in [1.54, 1.807) is 6.07 Å². The van der Waals surface area contributed by atoms with Crippen LogP contribution in [0.15, 0.2) is 18.2 Å². The second-order valence-electron chi connectivity index (χ2n) is 4.81. The van der Waals surface area contributed by atoms with Crippen LogP contribution in [0, 0.1) is 0 Å². The molecule has 0 spiro atoms. The fourth-order valence-corrected chi connectivity index (χ4v) is 2.56. The number of piperidine rings is 1. The quantitative estimate of drug-likeness (QED) is 0.824. The molecule has 1 aromatic rings. The van der Waals surface area contributed by atoms with E-state index in [4.69, 9.17) is 11.6 Å². The van der Waals surface area contributed by atoms with Crippen molar-refractivity contribution in [2.45, 2.75) is 25.4 Å². The van der Waals surface area contributed by atoms with E-state index in [1.807, 2.05) is 24.0 Å². The van der Waals surface area contributed by atoms with Gasteiger partial charge in [-0.05, 0) is 31.9 Å². The van der Waals surface area contributed by atoms with Crippen LogP contribution in [0.4, 0.5) is 5.69 Å². The highest BCUT2D eigenvalue weighted by Gasteiger charge is 2.29. The molecule has 1 aromatic carbocycles. The molecule has 17 heavy (non-hydrogen) atoms. The van der Waals surface area contributed by atoms with Gasteiger partial charge < -0.3 is 10.0 Å². The van der Waals surface area contributed by atoms with Crippen LogP contribution in [-0.2, 0) is 0 Å². The molecule has 0 aliphatic carbocycles. The first-order valence-electron chi connectivity index (χ1n) is 5.74. The van der Waals surface area contributed by atoms with Crippen molar-refractivity contribution in [3.63, 3.8) is 0 Å². The average Bonchev–Trinajstić information content (AvgIpc) is 2.27. The molecule has 1 saturated heterocycles. The molecular formula is C13H16ClNO2. The van der Waals surface area contributed by atoms with Crippen LogP contribution in [0.5, 0.6) is 0 Å². The Kier molecular flexibility index (Phi) is 3.40. The Morgan fingerprint density at radius 3 is 2.94 bits per heavy atom. The molecule has 1 heterocycles. The summed E-state index contributed by atoms with van der Waals surface area (Å²) in [5.74, 6) is 0. The van der Waals surface area contributed by atoms with Crippen molar-refractivity contribution in [3.8, 4) is 0 Å². The first-order chi connectivity index (χ1) is 8.03. The van der Waals surface area contributed by atoms with E-state index in [9.17, 15) is 9.90 Å². The molecular weight excluding hydrogens is 238 g/mol. The number of benzene rings is 1. The maximum Gasteiger partial charge on any atom is 0.153 e. The summed E-state index contributed by atoms with van der Waals surface area (Å²) in [4.78, 5) is 13.1. The Balaban J connectivity index is 2.34. The van der Waals surface area contributed by atoms with Crippen molar-refractivity contribution in [2.75, 3.05) is 18.0 Å². The molecule has 1 aliphatic rings. The van der Waals surface area contributed by atoms with Gasteiger partial charge in [0.15, 0.2) is 6.29 Å². The Bertz CT molecular complexity index is 431. The van der Waals surface area contributed by atoms with E-state index in [1.165, 1.54) is 0 Å². The van der Waals surface area contributed by atoms with E-state index in [-0.39, 0.29) is 0 Å². The van der Waals surface area contributed by atoms with Crippen LogP contribution in [0.25, 0.3) is 0 Å². The molecule has 0 bridgehead atoms. The van der Waals surface area contributed by atoms with E-state index < -0.39 is 5.60 Å². The van der Waals surface area contributed by atoms with Gasteiger partial charge in [0.2, 0.25) is 0 Å². The molecule has 1 fully saturated rings. The van der Waals surface area contributed by atoms with E-state index in [2.05, 4.69) is 0 Å². The van der Waals surface area contributed by atoms with Gasteiger partial charge in [-0.25, -0.2) is 0 Å². The number of aldehydes is 1. The zero-order valence-electron chi connectivity index (χ0n) is 9.82. The third-order valence-electron chi connectivity index (χ3n) is 3.16. The van der Waals surface area contributed by atoms with E-state index >= 15 is 0 Å². The number of aliphatic hydroxyl groups is 1. The largest absolute Gasteiger partial charge is 0.388 e. The van der Waals surface area contributed by atoms with Crippen molar-refractivity contribution in [1.29, 1.82) is 0 Å². The van der Waals surface area contributed by atoms with Crippen molar-refractivity contribution in [3.05, 3.63) is 28.8 Å². The van der Waals surface area contributed by atoms with Gasteiger partial charge in [0.25, 0.3) is 0 Å². The Hall–Kier alpha value is -1.06. The predicted octanol–water partition coefficient (Wildman–Crippen LogP) is 2.50. The summed E-state index contributed by atoms with van der Waals surface area (Å²) >= 11 is 6.00. The fourth-order valence-electron chi connectivity index (χ4n) is 2.34. The summed E-state index contributed by atoms with van der Waals surface area (Å²) in [6, 6.07) is 5.40. The topological polar surface area (TPSA) is 40.5 Å². The zero-order valence-corrected chi connectivity index (χ0v) is 10.6. The van der Waals surface area contributed by atoms with Gasteiger partial charge in [-0.3, -0.25) is 4.79 Å². The van der Waals surface area contributed by atoms with Gasteiger partial charge in [-0.2, -0.15) is 0 Å². The number of hydrogen-bond donors (Lipinski definition) is 1. The first-order valence-corrected chi connectivity index (χ1v) is 6.12. The van der Waals surface area contributed by atoms with Crippen molar-refractivity contribution in [1.82, 2.24) is 0 Å². The van der Waals surface area contributed by atoms with Gasteiger partial charge in [0, 0.05) is 18.8 Å². The lowest BCUT2D eigenvalue weighted by Gasteiger charge is -2.38. The van der Waals surface area contributed by atoms with E-state index in [0.29, 0.717) is 17.1 Å². The third-order valence-corrected chi connectivity index (χ3v) is 3.49. The average molecular weight is 254 g/mol. The van der Waals surface area contributed by atoms with Gasteiger partial charge in [-0.15, -0.1) is 0 Å². The second-order valence-corrected chi connectivity index (χ2v) is 5.22. The molecule has 0 radical (unpaired) electrons. The van der Waals surface area contributed by atoms with Gasteiger partial charge >= 0.3 is 0 Å². The summed E-state index contributed by atoms with van der Waals surface area (Å²) in [7, 11) is 0. The van der Waals surface area contributed by atoms with Crippen LogP contribution < -0.4 is 4.90 Å². The number of carbonyl (C=O) groups is 1. The SMILES string of the molecule is CC1(O)CCCN(c2cccc(Cl)c2C=O)C1. The van der Waals surface area contributed by atoms with Crippen LogP contribution >= 0.6 is 11.6 Å². The van der Waals surface area contributed by atoms with Crippen molar-refractivity contribution < 1.29 is 9.90 Å². The molecule has 4 heteroatoms. The lowest BCUT2D eigenvalue weighted by atomic mass is 9.94. The first kappa shape index (κ1) is 12.4. The molecule has 2 rings (SSSR count). The zero-order chi connectivity index (χ0) is 12.5. The predicted molar refractivity (Wildman–Crippen MR) is 68.9 cm³/mol. The number of carbonyl (C=O) groups excluding carboxylic acids is 1. The Morgan fingerprint density at radius 1 is 1.53 bits per heavy atom. The summed E-state index contributed by atoms with van der Waals surface area (Å²) in [6.07, 6.45) is 2.49. The third kappa shape index (κ3) is 2.61. The minimum Gasteiger partial charge on any atom is -0.388 e. The number of nitrogens with zero attached hydrogens (tertiary/aromatic N) is 1. The van der Waals surface area contributed by atoms with Gasteiger partial charge in [0.05, 0.1) is 16.2 Å². The lowest BCUT2D eigenvalue weighted by Crippen LogP contribution is -2.46. The van der Waals surface area contributed by atoms with Crippen LogP contribution in [-0.4, -0.2) is 30.1 Å². The number of rotatable bonds is 2. The molecule has 1 aliphatic heterocycles.